The molecule has 6 nitrogen and oxygen atoms in total. The maximum atomic E-state index is 12.6. The molecule has 1 atom stereocenters. The monoisotopic (exact) mass is 288 g/mol. The van der Waals surface area contributed by atoms with Crippen LogP contribution < -0.4 is 15.5 Å². The third kappa shape index (κ3) is 2.91. The van der Waals surface area contributed by atoms with E-state index < -0.39 is 0 Å². The van der Waals surface area contributed by atoms with Gasteiger partial charge in [0.1, 0.15) is 6.54 Å². The molecule has 6 heteroatoms. The molecule has 0 aliphatic carbocycles. The first-order valence-corrected chi connectivity index (χ1v) is 7.29. The van der Waals surface area contributed by atoms with Crippen LogP contribution in [-0.4, -0.2) is 55.5 Å². The predicted molar refractivity (Wildman–Crippen MR) is 81.3 cm³/mol. The Morgan fingerprint density at radius 2 is 2.19 bits per heavy atom. The molecule has 1 aromatic carbocycles. The Balaban J connectivity index is 1.77. The number of fused-ring (bicyclic) bond motifs is 1. The number of nitrogens with one attached hydrogen (secondary N) is 2. The number of carbonyl (C=O) groups excluding carboxylic acids is 2. The number of nitrogens with zero attached hydrogens (tertiary/aromatic N) is 2. The van der Waals surface area contributed by atoms with Gasteiger partial charge < -0.3 is 10.6 Å². The van der Waals surface area contributed by atoms with Gasteiger partial charge in [0.05, 0.1) is 17.9 Å². The number of rotatable bonds is 2. The van der Waals surface area contributed by atoms with Crippen molar-refractivity contribution in [2.45, 2.75) is 13.0 Å². The van der Waals surface area contributed by atoms with Crippen molar-refractivity contribution in [2.24, 2.45) is 0 Å². The molecule has 0 aromatic heterocycles. The standard InChI is InChI=1S/C15H20N4O2/c1-11-8-16-6-7-18(11)10-15(21)19-9-14(20)17-12-4-2-3-5-13(12)19/h2-5,11,16H,6-10H2,1H3,(H,17,20)/t11-/m0/s1. The fourth-order valence-electron chi connectivity index (χ4n) is 2.83. The molecule has 112 valence electrons. The van der Waals surface area contributed by atoms with Crippen LogP contribution in [0.1, 0.15) is 6.92 Å². The van der Waals surface area contributed by atoms with Crippen molar-refractivity contribution < 1.29 is 9.59 Å². The molecule has 1 fully saturated rings. The summed E-state index contributed by atoms with van der Waals surface area (Å²) in [6.07, 6.45) is 0. The maximum absolute atomic E-state index is 12.6. The molecule has 2 amide bonds. The maximum Gasteiger partial charge on any atom is 0.244 e. The van der Waals surface area contributed by atoms with Crippen molar-refractivity contribution in [2.75, 3.05) is 42.9 Å². The largest absolute Gasteiger partial charge is 0.323 e. The highest BCUT2D eigenvalue weighted by Crippen LogP contribution is 2.29. The van der Waals surface area contributed by atoms with Crippen LogP contribution in [0.25, 0.3) is 0 Å². The number of piperazine rings is 1. The smallest absolute Gasteiger partial charge is 0.244 e. The predicted octanol–water partition coefficient (Wildman–Crippen LogP) is 0.265. The lowest BCUT2D eigenvalue weighted by atomic mass is 10.1. The zero-order valence-corrected chi connectivity index (χ0v) is 12.1. The zero-order chi connectivity index (χ0) is 14.8. The van der Waals surface area contributed by atoms with Gasteiger partial charge in [0, 0.05) is 25.7 Å². The summed E-state index contributed by atoms with van der Waals surface area (Å²) in [6, 6.07) is 7.75. The Bertz CT molecular complexity index is 560. The summed E-state index contributed by atoms with van der Waals surface area (Å²) in [5.74, 6) is -0.165. The fourth-order valence-corrected chi connectivity index (χ4v) is 2.83. The first kappa shape index (κ1) is 14.0. The second kappa shape index (κ2) is 5.83. The van der Waals surface area contributed by atoms with Crippen molar-refractivity contribution in [1.82, 2.24) is 10.2 Å². The molecular formula is C15H20N4O2. The highest BCUT2D eigenvalue weighted by atomic mass is 16.2. The molecule has 2 N–H and O–H groups in total. The number of hydrogen-bond donors (Lipinski definition) is 2. The summed E-state index contributed by atoms with van der Waals surface area (Å²) >= 11 is 0. The molecular weight excluding hydrogens is 268 g/mol. The third-order valence-corrected chi connectivity index (χ3v) is 4.05. The van der Waals surface area contributed by atoms with Gasteiger partial charge in [-0.3, -0.25) is 19.4 Å². The lowest BCUT2D eigenvalue weighted by Gasteiger charge is -2.36. The second-order valence-electron chi connectivity index (χ2n) is 5.57. The molecule has 0 unspecified atom stereocenters. The average molecular weight is 288 g/mol. The molecule has 1 aromatic rings. The van der Waals surface area contributed by atoms with E-state index in [1.807, 2.05) is 24.3 Å². The minimum atomic E-state index is -0.143. The average Bonchev–Trinajstić information content (AvgIpc) is 2.48. The number of carbonyl (C=O) groups is 2. The normalized spacial score (nSPS) is 22.6. The van der Waals surface area contributed by atoms with Crippen LogP contribution in [0.5, 0.6) is 0 Å². The quantitative estimate of drug-likeness (QED) is 0.820. The van der Waals surface area contributed by atoms with Gasteiger partial charge >= 0.3 is 0 Å². The highest BCUT2D eigenvalue weighted by molar-refractivity contribution is 6.10. The first-order chi connectivity index (χ1) is 10.1. The molecule has 1 saturated heterocycles. The van der Waals surface area contributed by atoms with Crippen LogP contribution in [0.2, 0.25) is 0 Å². The van der Waals surface area contributed by atoms with E-state index in [0.717, 1.165) is 25.3 Å². The Morgan fingerprint density at radius 3 is 3.00 bits per heavy atom. The van der Waals surface area contributed by atoms with Gasteiger partial charge in [-0.2, -0.15) is 0 Å². The van der Waals surface area contributed by atoms with Gasteiger partial charge in [-0.05, 0) is 19.1 Å². The lowest BCUT2D eigenvalue weighted by Crippen LogP contribution is -2.54. The van der Waals surface area contributed by atoms with Crippen LogP contribution in [-0.2, 0) is 9.59 Å². The number of hydrogen-bond acceptors (Lipinski definition) is 4. The Hall–Kier alpha value is -1.92. The minimum absolute atomic E-state index is 0.0222. The molecule has 0 radical (unpaired) electrons. The van der Waals surface area contributed by atoms with Gasteiger partial charge in [0.2, 0.25) is 11.8 Å². The van der Waals surface area contributed by atoms with Crippen LogP contribution in [0.3, 0.4) is 0 Å². The van der Waals surface area contributed by atoms with E-state index in [1.54, 1.807) is 4.90 Å². The van der Waals surface area contributed by atoms with E-state index in [0.29, 0.717) is 18.3 Å². The minimum Gasteiger partial charge on any atom is -0.323 e. The van der Waals surface area contributed by atoms with E-state index in [1.165, 1.54) is 0 Å². The topological polar surface area (TPSA) is 64.7 Å². The summed E-state index contributed by atoms with van der Waals surface area (Å²) in [5, 5.41) is 6.11. The molecule has 2 aliphatic rings. The summed E-state index contributed by atoms with van der Waals surface area (Å²) in [7, 11) is 0. The van der Waals surface area contributed by atoms with Crippen LogP contribution in [0.4, 0.5) is 11.4 Å². The first-order valence-electron chi connectivity index (χ1n) is 7.29. The highest BCUT2D eigenvalue weighted by Gasteiger charge is 2.29. The van der Waals surface area contributed by atoms with Crippen LogP contribution >= 0.6 is 0 Å². The van der Waals surface area contributed by atoms with Gasteiger partial charge in [-0.15, -0.1) is 0 Å². The molecule has 0 spiro atoms. The summed E-state index contributed by atoms with van der Waals surface area (Å²) in [6.45, 7) is 5.20. The van der Waals surface area contributed by atoms with Gasteiger partial charge in [0.25, 0.3) is 0 Å². The van der Waals surface area contributed by atoms with Crippen LogP contribution in [0.15, 0.2) is 24.3 Å². The van der Waals surface area contributed by atoms with E-state index in [-0.39, 0.29) is 18.4 Å². The Morgan fingerprint density at radius 1 is 1.38 bits per heavy atom. The van der Waals surface area contributed by atoms with E-state index in [2.05, 4.69) is 22.5 Å². The Kier molecular flexibility index (Phi) is 3.90. The second-order valence-corrected chi connectivity index (χ2v) is 5.57. The summed E-state index contributed by atoms with van der Waals surface area (Å²) in [4.78, 5) is 28.1. The van der Waals surface area contributed by atoms with Gasteiger partial charge in [0.15, 0.2) is 0 Å². The molecule has 2 heterocycles. The van der Waals surface area contributed by atoms with Gasteiger partial charge in [-0.25, -0.2) is 0 Å². The van der Waals surface area contributed by atoms with Gasteiger partial charge in [-0.1, -0.05) is 12.1 Å². The number of para-hydroxylation sites is 2. The van der Waals surface area contributed by atoms with E-state index in [9.17, 15) is 9.59 Å². The molecule has 0 bridgehead atoms. The summed E-state index contributed by atoms with van der Waals surface area (Å²) < 4.78 is 0. The van der Waals surface area contributed by atoms with Crippen molar-refractivity contribution in [3.8, 4) is 0 Å². The van der Waals surface area contributed by atoms with Crippen molar-refractivity contribution in [3.05, 3.63) is 24.3 Å². The molecule has 3 rings (SSSR count). The van der Waals surface area contributed by atoms with Crippen molar-refractivity contribution in [3.63, 3.8) is 0 Å². The number of benzene rings is 1. The van der Waals surface area contributed by atoms with Crippen molar-refractivity contribution >= 4 is 23.2 Å². The molecule has 21 heavy (non-hydrogen) atoms. The number of anilines is 2. The molecule has 2 aliphatic heterocycles. The molecule has 0 saturated carbocycles. The number of amides is 2. The summed E-state index contributed by atoms with van der Waals surface area (Å²) in [5.41, 5.74) is 1.49. The van der Waals surface area contributed by atoms with E-state index >= 15 is 0 Å². The SMILES string of the molecule is C[C@H]1CNCCN1CC(=O)N1CC(=O)Nc2ccccc21. The van der Waals surface area contributed by atoms with Crippen molar-refractivity contribution in [1.29, 1.82) is 0 Å². The third-order valence-electron chi connectivity index (χ3n) is 4.05. The Labute approximate surface area is 124 Å². The van der Waals surface area contributed by atoms with E-state index in [4.69, 9.17) is 0 Å². The zero-order valence-electron chi connectivity index (χ0n) is 12.1. The fraction of sp³-hybridized carbons (Fsp3) is 0.467. The lowest BCUT2D eigenvalue weighted by molar-refractivity contribution is -0.123. The van der Waals surface area contributed by atoms with Crippen LogP contribution in [0, 0.1) is 0 Å².